The number of carbonyl (C=O) groups is 2. The molecule has 1 aliphatic heterocycles. The third-order valence-corrected chi connectivity index (χ3v) is 4.52. The predicted octanol–water partition coefficient (Wildman–Crippen LogP) is 4.79. The molecular formula is C25H18FNO5. The summed E-state index contributed by atoms with van der Waals surface area (Å²) < 4.78 is 29.6. The van der Waals surface area contributed by atoms with Crippen molar-refractivity contribution in [3.8, 4) is 11.5 Å². The number of hydrogen-bond acceptors (Lipinski definition) is 6. The molecule has 0 amide bonds. The summed E-state index contributed by atoms with van der Waals surface area (Å²) in [5, 5.41) is 0. The number of cyclic esters (lactones) is 1. The van der Waals surface area contributed by atoms with Crippen LogP contribution >= 0.6 is 0 Å². The van der Waals surface area contributed by atoms with Crippen molar-refractivity contribution in [3.05, 3.63) is 101 Å². The Morgan fingerprint density at radius 1 is 1.00 bits per heavy atom. The van der Waals surface area contributed by atoms with Gasteiger partial charge >= 0.3 is 11.9 Å². The average Bonchev–Trinajstić information content (AvgIpc) is 3.16. The Bertz CT molecular complexity index is 1210. The monoisotopic (exact) mass is 431 g/mol. The maximum Gasteiger partial charge on any atom is 0.363 e. The van der Waals surface area contributed by atoms with E-state index in [2.05, 4.69) is 4.99 Å². The van der Waals surface area contributed by atoms with Crippen LogP contribution in [0.2, 0.25) is 0 Å². The van der Waals surface area contributed by atoms with Crippen LogP contribution in [0, 0.1) is 5.82 Å². The van der Waals surface area contributed by atoms with Crippen molar-refractivity contribution in [2.75, 3.05) is 6.61 Å². The van der Waals surface area contributed by atoms with Gasteiger partial charge in [0.1, 0.15) is 17.3 Å². The summed E-state index contributed by atoms with van der Waals surface area (Å²) in [6.45, 7) is 2.46. The number of hydrogen-bond donors (Lipinski definition) is 0. The first kappa shape index (κ1) is 21.0. The number of halogens is 1. The molecule has 0 N–H and O–H groups in total. The van der Waals surface area contributed by atoms with E-state index in [0.717, 1.165) is 0 Å². The van der Waals surface area contributed by atoms with Crippen LogP contribution in [0.1, 0.15) is 28.4 Å². The second-order valence-corrected chi connectivity index (χ2v) is 6.73. The highest BCUT2D eigenvalue weighted by molar-refractivity contribution is 6.12. The Hall–Kier alpha value is -4.26. The Kier molecular flexibility index (Phi) is 6.07. The van der Waals surface area contributed by atoms with Crippen molar-refractivity contribution in [3.63, 3.8) is 0 Å². The number of rotatable bonds is 6. The fraction of sp³-hybridized carbons (Fsp3) is 0.0800. The van der Waals surface area contributed by atoms with Gasteiger partial charge in [-0.2, -0.15) is 0 Å². The molecule has 160 valence electrons. The molecule has 6 nitrogen and oxygen atoms in total. The van der Waals surface area contributed by atoms with Crippen LogP contribution in [0.5, 0.6) is 11.5 Å². The Balaban J connectivity index is 1.47. The molecule has 0 aromatic heterocycles. The van der Waals surface area contributed by atoms with E-state index in [1.807, 2.05) is 6.92 Å². The Morgan fingerprint density at radius 2 is 1.69 bits per heavy atom. The molecule has 0 unspecified atom stereocenters. The van der Waals surface area contributed by atoms with Crippen LogP contribution < -0.4 is 9.47 Å². The topological polar surface area (TPSA) is 74.2 Å². The fourth-order valence-electron chi connectivity index (χ4n) is 2.97. The van der Waals surface area contributed by atoms with Crippen LogP contribution in [-0.2, 0) is 9.53 Å². The highest BCUT2D eigenvalue weighted by atomic mass is 19.1. The summed E-state index contributed by atoms with van der Waals surface area (Å²) in [7, 11) is 0. The highest BCUT2D eigenvalue weighted by Crippen LogP contribution is 2.22. The molecule has 1 aliphatic rings. The zero-order valence-electron chi connectivity index (χ0n) is 17.1. The first-order valence-electron chi connectivity index (χ1n) is 9.86. The minimum absolute atomic E-state index is 0.144. The van der Waals surface area contributed by atoms with Gasteiger partial charge in [-0.25, -0.2) is 19.0 Å². The summed E-state index contributed by atoms with van der Waals surface area (Å²) in [5.41, 5.74) is 1.30. The molecule has 0 saturated heterocycles. The minimum atomic E-state index is -0.793. The third-order valence-electron chi connectivity index (χ3n) is 4.52. The number of ether oxygens (including phenoxy) is 3. The molecule has 3 aromatic rings. The Morgan fingerprint density at radius 3 is 2.38 bits per heavy atom. The van der Waals surface area contributed by atoms with E-state index in [1.54, 1.807) is 60.7 Å². The normalized spacial score (nSPS) is 14.1. The van der Waals surface area contributed by atoms with Crippen LogP contribution in [0.4, 0.5) is 4.39 Å². The van der Waals surface area contributed by atoms with Crippen molar-refractivity contribution in [1.29, 1.82) is 0 Å². The average molecular weight is 431 g/mol. The van der Waals surface area contributed by atoms with Gasteiger partial charge in [0.25, 0.3) is 0 Å². The standard InChI is InChI=1S/C25H18FNO5/c1-2-30-18-13-9-17(10-14-18)23-27-22(25(29)32-23)15-16-7-11-19(12-8-16)31-24(28)20-5-3-4-6-21(20)26/h3-15H,2H2,1H3/b22-15-. The Labute approximate surface area is 183 Å². The van der Waals surface area contributed by atoms with Gasteiger partial charge in [0.2, 0.25) is 5.90 Å². The van der Waals surface area contributed by atoms with Gasteiger partial charge in [0.05, 0.1) is 12.2 Å². The van der Waals surface area contributed by atoms with E-state index in [4.69, 9.17) is 14.2 Å². The summed E-state index contributed by atoms with van der Waals surface area (Å²) in [6.07, 6.45) is 1.56. The van der Waals surface area contributed by atoms with E-state index >= 15 is 0 Å². The molecule has 0 bridgehead atoms. The zero-order valence-corrected chi connectivity index (χ0v) is 17.1. The SMILES string of the molecule is CCOc1ccc(C2=N/C(=C\c3ccc(OC(=O)c4ccccc4F)cc3)C(=O)O2)cc1. The number of benzene rings is 3. The molecule has 3 aromatic carbocycles. The fourth-order valence-corrected chi connectivity index (χ4v) is 2.97. The van der Waals surface area contributed by atoms with E-state index in [9.17, 15) is 14.0 Å². The molecule has 0 atom stereocenters. The predicted molar refractivity (Wildman–Crippen MR) is 116 cm³/mol. The van der Waals surface area contributed by atoms with E-state index < -0.39 is 17.8 Å². The molecule has 0 spiro atoms. The lowest BCUT2D eigenvalue weighted by Gasteiger charge is -2.05. The van der Waals surface area contributed by atoms with Crippen LogP contribution in [0.25, 0.3) is 6.08 Å². The summed E-state index contributed by atoms with van der Waals surface area (Å²) in [6, 6.07) is 19.0. The molecule has 0 aliphatic carbocycles. The molecule has 0 saturated carbocycles. The molecule has 32 heavy (non-hydrogen) atoms. The number of esters is 2. The number of aliphatic imine (C=N–C) groups is 1. The molecule has 4 rings (SSSR count). The molecule has 1 heterocycles. The lowest BCUT2D eigenvalue weighted by molar-refractivity contribution is -0.129. The maximum atomic E-state index is 13.7. The quantitative estimate of drug-likeness (QED) is 0.319. The van der Waals surface area contributed by atoms with Gasteiger partial charge in [0.15, 0.2) is 5.70 Å². The summed E-state index contributed by atoms with van der Waals surface area (Å²) in [5.74, 6) is -0.845. The van der Waals surface area contributed by atoms with Crippen LogP contribution in [-0.4, -0.2) is 24.4 Å². The highest BCUT2D eigenvalue weighted by Gasteiger charge is 2.24. The first-order chi connectivity index (χ1) is 15.5. The molecular weight excluding hydrogens is 413 g/mol. The van der Waals surface area contributed by atoms with Gasteiger partial charge < -0.3 is 14.2 Å². The number of nitrogens with zero attached hydrogens (tertiary/aromatic N) is 1. The van der Waals surface area contributed by atoms with Gasteiger partial charge in [-0.15, -0.1) is 0 Å². The van der Waals surface area contributed by atoms with Crippen LogP contribution in [0.15, 0.2) is 83.5 Å². The lowest BCUT2D eigenvalue weighted by atomic mass is 10.2. The molecule has 7 heteroatoms. The lowest BCUT2D eigenvalue weighted by Crippen LogP contribution is -2.10. The number of carbonyl (C=O) groups excluding carboxylic acids is 2. The smallest absolute Gasteiger partial charge is 0.363 e. The van der Waals surface area contributed by atoms with E-state index in [-0.39, 0.29) is 22.9 Å². The first-order valence-corrected chi connectivity index (χ1v) is 9.86. The van der Waals surface area contributed by atoms with Gasteiger partial charge in [0, 0.05) is 5.56 Å². The van der Waals surface area contributed by atoms with Crippen molar-refractivity contribution in [2.45, 2.75) is 6.92 Å². The van der Waals surface area contributed by atoms with Crippen molar-refractivity contribution in [2.24, 2.45) is 4.99 Å². The zero-order chi connectivity index (χ0) is 22.5. The largest absolute Gasteiger partial charge is 0.494 e. The second kappa shape index (κ2) is 9.26. The van der Waals surface area contributed by atoms with Crippen molar-refractivity contribution < 1.29 is 28.2 Å². The van der Waals surface area contributed by atoms with Gasteiger partial charge in [-0.05, 0) is 67.1 Å². The summed E-state index contributed by atoms with van der Waals surface area (Å²) >= 11 is 0. The van der Waals surface area contributed by atoms with Crippen LogP contribution in [0.3, 0.4) is 0 Å². The maximum absolute atomic E-state index is 13.7. The van der Waals surface area contributed by atoms with Gasteiger partial charge in [-0.3, -0.25) is 0 Å². The van der Waals surface area contributed by atoms with E-state index in [0.29, 0.717) is 23.5 Å². The second-order valence-electron chi connectivity index (χ2n) is 6.73. The minimum Gasteiger partial charge on any atom is -0.494 e. The summed E-state index contributed by atoms with van der Waals surface area (Å²) in [4.78, 5) is 28.6. The van der Waals surface area contributed by atoms with Crippen molar-refractivity contribution in [1.82, 2.24) is 0 Å². The van der Waals surface area contributed by atoms with Crippen molar-refractivity contribution >= 4 is 23.9 Å². The third kappa shape index (κ3) is 4.73. The molecule has 0 radical (unpaired) electrons. The van der Waals surface area contributed by atoms with E-state index in [1.165, 1.54) is 18.2 Å². The van der Waals surface area contributed by atoms with Gasteiger partial charge in [-0.1, -0.05) is 24.3 Å². The molecule has 0 fully saturated rings.